The maximum Gasteiger partial charge on any atom is 0.302 e. The molecule has 160 valence electrons. The molecule has 0 amide bonds. The van der Waals surface area contributed by atoms with Gasteiger partial charge in [-0.05, 0) is 43.4 Å². The van der Waals surface area contributed by atoms with Crippen molar-refractivity contribution in [1.82, 2.24) is 0 Å². The predicted molar refractivity (Wildman–Crippen MR) is 106 cm³/mol. The highest BCUT2D eigenvalue weighted by Gasteiger charge is 2.70. The van der Waals surface area contributed by atoms with Gasteiger partial charge in [-0.15, -0.1) is 0 Å². The zero-order valence-electron chi connectivity index (χ0n) is 18.5. The fraction of sp³-hybridized carbons (Fsp3) is 0.957. The van der Waals surface area contributed by atoms with E-state index in [-0.39, 0.29) is 40.4 Å². The molecule has 0 unspecified atom stereocenters. The summed E-state index contributed by atoms with van der Waals surface area (Å²) in [6.07, 6.45) is 7.11. The largest absolute Gasteiger partial charge is 0.462 e. The van der Waals surface area contributed by atoms with Crippen LogP contribution < -0.4 is 0 Å². The van der Waals surface area contributed by atoms with Crippen molar-refractivity contribution in [2.24, 2.45) is 22.7 Å². The molecule has 5 nitrogen and oxygen atoms in total. The summed E-state index contributed by atoms with van der Waals surface area (Å²) in [5.41, 5.74) is -0.293. The molecule has 2 heterocycles. The standard InChI is InChI=1S/C23H38O5/c1-15-12-17(27-16(2)24)19-20(3,4)8-7-9-21(19,5)23(15)11-10-22(28-23)13-18(25-6)26-14-22/h15,17-19H,7-14H2,1-6H3/t15-,17-,18+,19+,21+,22+,23-/m1/s1. The van der Waals surface area contributed by atoms with Crippen LogP contribution in [0.1, 0.15) is 79.6 Å². The van der Waals surface area contributed by atoms with Crippen LogP contribution in [-0.2, 0) is 23.7 Å². The van der Waals surface area contributed by atoms with E-state index in [1.807, 2.05) is 0 Å². The van der Waals surface area contributed by atoms with Crippen LogP contribution in [0.5, 0.6) is 0 Å². The average Bonchev–Trinajstić information content (AvgIpc) is 3.17. The Kier molecular flexibility index (Phi) is 4.92. The van der Waals surface area contributed by atoms with E-state index in [2.05, 4.69) is 27.7 Å². The maximum atomic E-state index is 11.9. The molecule has 4 rings (SSSR count). The molecule has 2 aliphatic heterocycles. The normalized spacial score (nSPS) is 50.1. The Bertz CT molecular complexity index is 632. The average molecular weight is 395 g/mol. The van der Waals surface area contributed by atoms with Gasteiger partial charge in [0.25, 0.3) is 0 Å². The van der Waals surface area contributed by atoms with Crippen molar-refractivity contribution in [1.29, 1.82) is 0 Å². The molecule has 0 aromatic rings. The van der Waals surface area contributed by atoms with E-state index >= 15 is 0 Å². The molecule has 2 saturated carbocycles. The molecule has 7 atom stereocenters. The molecular weight excluding hydrogens is 356 g/mol. The van der Waals surface area contributed by atoms with Gasteiger partial charge in [-0.3, -0.25) is 4.79 Å². The second kappa shape index (κ2) is 6.68. The monoisotopic (exact) mass is 394 g/mol. The number of esters is 1. The van der Waals surface area contributed by atoms with Crippen molar-refractivity contribution in [3.05, 3.63) is 0 Å². The molecule has 0 aromatic heterocycles. The van der Waals surface area contributed by atoms with Gasteiger partial charge in [-0.2, -0.15) is 0 Å². The van der Waals surface area contributed by atoms with E-state index in [1.165, 1.54) is 12.8 Å². The molecule has 28 heavy (non-hydrogen) atoms. The lowest BCUT2D eigenvalue weighted by atomic mass is 9.43. The highest BCUT2D eigenvalue weighted by atomic mass is 16.7. The molecule has 4 fully saturated rings. The van der Waals surface area contributed by atoms with Gasteiger partial charge < -0.3 is 18.9 Å². The van der Waals surface area contributed by atoms with Gasteiger partial charge in [-0.25, -0.2) is 0 Å². The minimum Gasteiger partial charge on any atom is -0.462 e. The molecule has 0 aromatic carbocycles. The van der Waals surface area contributed by atoms with Crippen molar-refractivity contribution in [3.8, 4) is 0 Å². The van der Waals surface area contributed by atoms with Gasteiger partial charge in [0.2, 0.25) is 0 Å². The number of methoxy groups -OCH3 is 1. The third kappa shape index (κ3) is 2.87. The number of carbonyl (C=O) groups is 1. The smallest absolute Gasteiger partial charge is 0.302 e. The van der Waals surface area contributed by atoms with Crippen molar-refractivity contribution in [3.63, 3.8) is 0 Å². The van der Waals surface area contributed by atoms with E-state index in [1.54, 1.807) is 14.0 Å². The van der Waals surface area contributed by atoms with Gasteiger partial charge in [-0.1, -0.05) is 34.1 Å². The topological polar surface area (TPSA) is 54.0 Å². The fourth-order valence-electron chi connectivity index (χ4n) is 7.75. The molecule has 4 aliphatic rings. The summed E-state index contributed by atoms with van der Waals surface area (Å²) in [5.74, 6) is 0.491. The van der Waals surface area contributed by atoms with Crippen LogP contribution in [0.2, 0.25) is 0 Å². The lowest BCUT2D eigenvalue weighted by Crippen LogP contribution is -2.67. The van der Waals surface area contributed by atoms with Crippen molar-refractivity contribution in [2.75, 3.05) is 13.7 Å². The zero-order chi connectivity index (χ0) is 20.4. The van der Waals surface area contributed by atoms with Gasteiger partial charge >= 0.3 is 5.97 Å². The minimum atomic E-state index is -0.224. The number of hydrogen-bond donors (Lipinski definition) is 0. The van der Waals surface area contributed by atoms with E-state index in [0.29, 0.717) is 18.4 Å². The van der Waals surface area contributed by atoms with Crippen LogP contribution in [0, 0.1) is 22.7 Å². The van der Waals surface area contributed by atoms with Gasteiger partial charge in [0.15, 0.2) is 6.29 Å². The molecule has 0 bridgehead atoms. The van der Waals surface area contributed by atoms with Crippen LogP contribution >= 0.6 is 0 Å². The zero-order valence-corrected chi connectivity index (χ0v) is 18.5. The number of rotatable bonds is 2. The Morgan fingerprint density at radius 3 is 2.50 bits per heavy atom. The molecule has 2 saturated heterocycles. The SMILES string of the molecule is CO[C@@H]1C[C@@]2(CC[C@@]3(O2)[C@H](C)C[C@@H](OC(C)=O)[C@H]2C(C)(C)CCC[C@@]23C)CO1. The number of hydrogen-bond acceptors (Lipinski definition) is 5. The fourth-order valence-corrected chi connectivity index (χ4v) is 7.75. The maximum absolute atomic E-state index is 11.9. The van der Waals surface area contributed by atoms with Crippen molar-refractivity contribution < 1.29 is 23.7 Å². The second-order valence-electron chi connectivity index (χ2n) is 10.9. The third-order valence-corrected chi connectivity index (χ3v) is 8.77. The molecule has 5 heteroatoms. The number of ether oxygens (including phenoxy) is 4. The summed E-state index contributed by atoms with van der Waals surface area (Å²) in [7, 11) is 1.71. The molecule has 2 aliphatic carbocycles. The van der Waals surface area contributed by atoms with Crippen LogP contribution in [0.3, 0.4) is 0 Å². The second-order valence-corrected chi connectivity index (χ2v) is 10.9. The molecule has 0 N–H and O–H groups in total. The van der Waals surface area contributed by atoms with E-state index in [9.17, 15) is 4.79 Å². The first-order valence-electron chi connectivity index (χ1n) is 11.1. The summed E-state index contributed by atoms with van der Waals surface area (Å²) in [6, 6.07) is 0. The highest BCUT2D eigenvalue weighted by molar-refractivity contribution is 5.66. The first-order valence-corrected chi connectivity index (χ1v) is 11.1. The Morgan fingerprint density at radius 2 is 1.86 bits per heavy atom. The predicted octanol–water partition coefficient (Wildman–Crippen LogP) is 4.47. The van der Waals surface area contributed by atoms with Gasteiger partial charge in [0.05, 0.1) is 17.8 Å². The Labute approximate surface area is 169 Å². The van der Waals surface area contributed by atoms with E-state index in [0.717, 1.165) is 32.1 Å². The van der Waals surface area contributed by atoms with Gasteiger partial charge in [0.1, 0.15) is 6.10 Å². The van der Waals surface area contributed by atoms with Crippen LogP contribution in [0.15, 0.2) is 0 Å². The molecule has 0 radical (unpaired) electrons. The summed E-state index contributed by atoms with van der Waals surface area (Å²) >= 11 is 0. The highest BCUT2D eigenvalue weighted by Crippen LogP contribution is 2.68. The minimum absolute atomic E-state index is 0.0127. The third-order valence-electron chi connectivity index (χ3n) is 8.77. The van der Waals surface area contributed by atoms with Crippen LogP contribution in [-0.4, -0.2) is 43.3 Å². The number of fused-ring (bicyclic) bond motifs is 2. The van der Waals surface area contributed by atoms with E-state index in [4.69, 9.17) is 18.9 Å². The van der Waals surface area contributed by atoms with Crippen molar-refractivity contribution >= 4 is 5.97 Å². The van der Waals surface area contributed by atoms with Gasteiger partial charge in [0, 0.05) is 31.8 Å². The summed E-state index contributed by atoms with van der Waals surface area (Å²) in [5, 5.41) is 0. The first kappa shape index (κ1) is 20.6. The molecular formula is C23H38O5. The van der Waals surface area contributed by atoms with Crippen LogP contribution in [0.4, 0.5) is 0 Å². The first-order chi connectivity index (χ1) is 13.1. The summed E-state index contributed by atoms with van der Waals surface area (Å²) in [4.78, 5) is 11.9. The summed E-state index contributed by atoms with van der Waals surface area (Å²) in [6.45, 7) is 11.6. The van der Waals surface area contributed by atoms with E-state index < -0.39 is 0 Å². The lowest BCUT2D eigenvalue weighted by Gasteiger charge is -2.65. The molecule has 2 spiro atoms. The summed E-state index contributed by atoms with van der Waals surface area (Å²) < 4.78 is 24.4. The Morgan fingerprint density at radius 1 is 1.11 bits per heavy atom. The number of carbonyl (C=O) groups excluding carboxylic acids is 1. The van der Waals surface area contributed by atoms with Crippen molar-refractivity contribution in [2.45, 2.75) is 103 Å². The lowest BCUT2D eigenvalue weighted by molar-refractivity contribution is -0.272. The Balaban J connectivity index is 1.72. The van der Waals surface area contributed by atoms with Crippen LogP contribution in [0.25, 0.3) is 0 Å². The Hall–Kier alpha value is -0.650. The quantitative estimate of drug-likeness (QED) is 0.647.